The summed E-state index contributed by atoms with van der Waals surface area (Å²) in [6.45, 7) is 2.92. The smallest absolute Gasteiger partial charge is 0.237 e. The molecule has 7 nitrogen and oxygen atoms in total. The Morgan fingerprint density at radius 1 is 0.756 bits per heavy atom. The molecule has 5 aromatic rings. The van der Waals surface area contributed by atoms with Gasteiger partial charge in [0.15, 0.2) is 0 Å². The van der Waals surface area contributed by atoms with E-state index in [4.69, 9.17) is 9.47 Å². The van der Waals surface area contributed by atoms with Crippen LogP contribution in [0.1, 0.15) is 29.2 Å². The molecule has 0 bridgehead atoms. The third-order valence-corrected chi connectivity index (χ3v) is 7.98. The number of amides is 1. The number of hydrogen-bond acceptors (Lipinski definition) is 5. The Balaban J connectivity index is 1.39. The highest BCUT2D eigenvalue weighted by molar-refractivity contribution is 7.90. The second-order valence-corrected chi connectivity index (χ2v) is 11.8. The minimum absolute atomic E-state index is 0.0783. The zero-order valence-electron chi connectivity index (χ0n) is 22.8. The van der Waals surface area contributed by atoms with Crippen molar-refractivity contribution in [2.75, 3.05) is 5.75 Å². The molecule has 0 aliphatic carbocycles. The third-order valence-electron chi connectivity index (χ3n) is 6.68. The van der Waals surface area contributed by atoms with Crippen LogP contribution in [0.4, 0.5) is 0 Å². The first-order valence-corrected chi connectivity index (χ1v) is 15.1. The molecule has 0 aliphatic rings. The molecule has 1 aromatic heterocycles. The molecule has 5 rings (SSSR count). The molecule has 0 atom stereocenters. The van der Waals surface area contributed by atoms with Crippen LogP contribution in [0.5, 0.6) is 11.5 Å². The lowest BCUT2D eigenvalue weighted by Gasteiger charge is -2.10. The molecular formula is C33H32N2O5S. The Bertz CT molecular complexity index is 1730. The molecule has 0 saturated heterocycles. The van der Waals surface area contributed by atoms with Crippen molar-refractivity contribution in [2.24, 2.45) is 0 Å². The van der Waals surface area contributed by atoms with E-state index in [0.717, 1.165) is 33.3 Å². The van der Waals surface area contributed by atoms with Crippen molar-refractivity contribution in [2.45, 2.75) is 33.1 Å². The molecule has 41 heavy (non-hydrogen) atoms. The Morgan fingerprint density at radius 3 is 2.00 bits per heavy atom. The molecule has 1 heterocycles. The van der Waals surface area contributed by atoms with Gasteiger partial charge in [-0.2, -0.15) is 0 Å². The van der Waals surface area contributed by atoms with Gasteiger partial charge < -0.3 is 14.0 Å². The van der Waals surface area contributed by atoms with Gasteiger partial charge in [-0.3, -0.25) is 9.52 Å². The van der Waals surface area contributed by atoms with Crippen LogP contribution in [-0.4, -0.2) is 24.6 Å². The van der Waals surface area contributed by atoms with Gasteiger partial charge in [-0.05, 0) is 59.5 Å². The fourth-order valence-corrected chi connectivity index (χ4v) is 5.14. The fraction of sp³-hybridized carbons (Fsp3) is 0.182. The Morgan fingerprint density at radius 2 is 1.37 bits per heavy atom. The van der Waals surface area contributed by atoms with Crippen LogP contribution in [0.25, 0.3) is 10.9 Å². The van der Waals surface area contributed by atoms with Crippen molar-refractivity contribution in [3.05, 3.63) is 132 Å². The minimum atomic E-state index is -3.66. The van der Waals surface area contributed by atoms with Crippen molar-refractivity contribution in [1.29, 1.82) is 0 Å². The van der Waals surface area contributed by atoms with Gasteiger partial charge in [0.05, 0.1) is 12.2 Å². The van der Waals surface area contributed by atoms with E-state index in [1.807, 2.05) is 109 Å². The quantitative estimate of drug-likeness (QED) is 0.204. The summed E-state index contributed by atoms with van der Waals surface area (Å²) in [6, 6.07) is 33.6. The van der Waals surface area contributed by atoms with Gasteiger partial charge in [-0.25, -0.2) is 8.42 Å². The van der Waals surface area contributed by atoms with E-state index in [1.165, 1.54) is 6.92 Å². The van der Waals surface area contributed by atoms with Crippen molar-refractivity contribution in [3.63, 3.8) is 0 Å². The normalized spacial score (nSPS) is 11.3. The highest BCUT2D eigenvalue weighted by Crippen LogP contribution is 2.28. The highest BCUT2D eigenvalue weighted by Gasteiger charge is 2.17. The molecule has 210 valence electrons. The molecular weight excluding hydrogens is 536 g/mol. The molecule has 0 spiro atoms. The number of carbonyl (C=O) groups excluding carboxylic acids is 1. The lowest BCUT2D eigenvalue weighted by Crippen LogP contribution is -2.32. The molecule has 1 amide bonds. The number of rotatable bonds is 12. The number of nitrogens with zero attached hydrogens (tertiary/aromatic N) is 1. The second-order valence-electron chi connectivity index (χ2n) is 9.76. The van der Waals surface area contributed by atoms with Gasteiger partial charge in [0.1, 0.15) is 24.7 Å². The van der Waals surface area contributed by atoms with Crippen LogP contribution in [0, 0.1) is 0 Å². The molecule has 0 fully saturated rings. The maximum atomic E-state index is 12.7. The zero-order chi connectivity index (χ0) is 28.7. The first kappa shape index (κ1) is 28.0. The van der Waals surface area contributed by atoms with Crippen LogP contribution >= 0.6 is 0 Å². The SMILES string of the molecule is CCS(=O)(=O)NC(=O)Cc1cn(Cc2cccc(OCc3ccccc3)c2)c2ccc(OCc3ccccc3)cc12. The number of carbonyl (C=O) groups is 1. The van der Waals surface area contributed by atoms with E-state index in [2.05, 4.69) is 9.29 Å². The zero-order valence-corrected chi connectivity index (χ0v) is 23.6. The topological polar surface area (TPSA) is 86.6 Å². The summed E-state index contributed by atoms with van der Waals surface area (Å²) in [5.41, 5.74) is 4.79. The number of fused-ring (bicyclic) bond motifs is 1. The number of ether oxygens (including phenoxy) is 2. The van der Waals surface area contributed by atoms with Crippen LogP contribution in [0.3, 0.4) is 0 Å². The molecule has 0 aliphatic heterocycles. The summed E-state index contributed by atoms with van der Waals surface area (Å²) in [7, 11) is -3.66. The Labute approximate surface area is 240 Å². The molecule has 4 aromatic carbocycles. The number of hydrogen-bond donors (Lipinski definition) is 1. The van der Waals surface area contributed by atoms with Gasteiger partial charge in [0.25, 0.3) is 0 Å². The molecule has 0 unspecified atom stereocenters. The van der Waals surface area contributed by atoms with Crippen LogP contribution in [-0.2, 0) is 41.0 Å². The summed E-state index contributed by atoms with van der Waals surface area (Å²) < 4.78 is 40.2. The van der Waals surface area contributed by atoms with Gasteiger partial charge in [-0.1, -0.05) is 72.8 Å². The second kappa shape index (κ2) is 12.7. The van der Waals surface area contributed by atoms with E-state index < -0.39 is 15.9 Å². The van der Waals surface area contributed by atoms with E-state index in [1.54, 1.807) is 0 Å². The lowest BCUT2D eigenvalue weighted by atomic mass is 10.1. The first-order valence-electron chi connectivity index (χ1n) is 13.5. The molecule has 0 radical (unpaired) electrons. The van der Waals surface area contributed by atoms with Crippen LogP contribution in [0.2, 0.25) is 0 Å². The van der Waals surface area contributed by atoms with E-state index >= 15 is 0 Å². The Hall–Kier alpha value is -4.56. The van der Waals surface area contributed by atoms with Crippen LogP contribution in [0.15, 0.2) is 109 Å². The summed E-state index contributed by atoms with van der Waals surface area (Å²) in [4.78, 5) is 12.7. The number of nitrogens with one attached hydrogen (secondary N) is 1. The average molecular weight is 569 g/mol. The summed E-state index contributed by atoms with van der Waals surface area (Å²) in [5, 5.41) is 0.830. The molecule has 1 N–H and O–H groups in total. The van der Waals surface area contributed by atoms with Crippen molar-refractivity contribution >= 4 is 26.8 Å². The van der Waals surface area contributed by atoms with Crippen molar-refractivity contribution in [1.82, 2.24) is 9.29 Å². The monoisotopic (exact) mass is 568 g/mol. The molecule has 0 saturated carbocycles. The van der Waals surface area contributed by atoms with Crippen molar-refractivity contribution < 1.29 is 22.7 Å². The largest absolute Gasteiger partial charge is 0.489 e. The van der Waals surface area contributed by atoms with E-state index in [9.17, 15) is 13.2 Å². The Kier molecular flexibility index (Phi) is 8.70. The predicted molar refractivity (Wildman–Crippen MR) is 160 cm³/mol. The third kappa shape index (κ3) is 7.55. The highest BCUT2D eigenvalue weighted by atomic mass is 32.2. The van der Waals surface area contributed by atoms with Gasteiger partial charge in [0.2, 0.25) is 15.9 Å². The van der Waals surface area contributed by atoms with Gasteiger partial charge in [-0.15, -0.1) is 0 Å². The van der Waals surface area contributed by atoms with E-state index in [-0.39, 0.29) is 12.2 Å². The van der Waals surface area contributed by atoms with E-state index in [0.29, 0.717) is 31.1 Å². The lowest BCUT2D eigenvalue weighted by molar-refractivity contribution is -0.118. The summed E-state index contributed by atoms with van der Waals surface area (Å²) >= 11 is 0. The maximum Gasteiger partial charge on any atom is 0.237 e. The standard InChI is InChI=1S/C33H32N2O5S/c1-2-41(37,38)34-33(36)19-28-22-35(21-27-14-9-15-29(18-27)39-23-25-10-5-3-6-11-25)32-17-16-30(20-31(28)32)40-24-26-12-7-4-8-13-26/h3-18,20,22H,2,19,21,23-24H2,1H3,(H,34,36). The maximum absolute atomic E-state index is 12.7. The summed E-state index contributed by atoms with van der Waals surface area (Å²) in [6.07, 6.45) is 1.83. The number of benzene rings is 4. The van der Waals surface area contributed by atoms with Crippen molar-refractivity contribution in [3.8, 4) is 11.5 Å². The molecule has 8 heteroatoms. The first-order chi connectivity index (χ1) is 19.9. The van der Waals surface area contributed by atoms with Gasteiger partial charge in [0, 0.05) is 23.6 Å². The number of sulfonamides is 1. The minimum Gasteiger partial charge on any atom is -0.489 e. The number of aromatic nitrogens is 1. The average Bonchev–Trinajstić information content (AvgIpc) is 3.31. The van der Waals surface area contributed by atoms with Crippen LogP contribution < -0.4 is 14.2 Å². The van der Waals surface area contributed by atoms with Gasteiger partial charge >= 0.3 is 0 Å². The summed E-state index contributed by atoms with van der Waals surface area (Å²) in [5.74, 6) is 0.695. The fourth-order valence-electron chi connectivity index (χ4n) is 4.58. The predicted octanol–water partition coefficient (Wildman–Crippen LogP) is 5.86.